The molecule has 0 bridgehead atoms. The number of carbonyl (C=O) groups excluding carboxylic acids is 1. The first-order valence-electron chi connectivity index (χ1n) is 8.20. The SMILES string of the molecule is CNCC1CCN(C(=O)C2(c3ccc(C)c(OC)c3)CC2)C1.Cl. The second-order valence-corrected chi connectivity index (χ2v) is 6.73. The standard InChI is InChI=1S/C18H26N2O2.ClH/c1-13-4-5-15(10-16(13)22-3)18(7-8-18)17(21)20-9-6-14(12-20)11-19-2;/h4-5,10,14,19H,6-9,11-12H2,1-3H3;1H. The number of carbonyl (C=O) groups is 1. The Hall–Kier alpha value is -1.26. The summed E-state index contributed by atoms with van der Waals surface area (Å²) in [5, 5.41) is 3.22. The zero-order valence-corrected chi connectivity index (χ0v) is 15.0. The fourth-order valence-electron chi connectivity index (χ4n) is 3.64. The Labute approximate surface area is 145 Å². The van der Waals surface area contributed by atoms with Gasteiger partial charge in [-0.3, -0.25) is 4.79 Å². The Morgan fingerprint density at radius 3 is 2.78 bits per heavy atom. The van der Waals surface area contributed by atoms with Crippen LogP contribution in [0.5, 0.6) is 5.75 Å². The largest absolute Gasteiger partial charge is 0.496 e. The molecular weight excluding hydrogens is 312 g/mol. The number of hydrogen-bond donors (Lipinski definition) is 1. The van der Waals surface area contributed by atoms with Crippen LogP contribution >= 0.6 is 12.4 Å². The molecule has 2 fully saturated rings. The molecule has 1 unspecified atom stereocenters. The first-order chi connectivity index (χ1) is 10.6. The van der Waals surface area contributed by atoms with Crippen LogP contribution in [-0.4, -0.2) is 44.6 Å². The van der Waals surface area contributed by atoms with E-state index in [0.29, 0.717) is 11.8 Å². The first kappa shape index (κ1) is 18.1. The van der Waals surface area contributed by atoms with Gasteiger partial charge in [-0.1, -0.05) is 12.1 Å². The maximum atomic E-state index is 13.0. The van der Waals surface area contributed by atoms with Gasteiger partial charge in [0.2, 0.25) is 5.91 Å². The molecule has 0 spiro atoms. The van der Waals surface area contributed by atoms with E-state index in [2.05, 4.69) is 28.4 Å². The third-order valence-corrected chi connectivity index (χ3v) is 5.19. The summed E-state index contributed by atoms with van der Waals surface area (Å²) in [4.78, 5) is 15.1. The predicted octanol–water partition coefficient (Wildman–Crippen LogP) is 2.52. The Morgan fingerprint density at radius 1 is 1.43 bits per heavy atom. The van der Waals surface area contributed by atoms with E-state index in [4.69, 9.17) is 4.74 Å². The Bertz CT molecular complexity index is 572. The highest BCUT2D eigenvalue weighted by atomic mass is 35.5. The van der Waals surface area contributed by atoms with E-state index >= 15 is 0 Å². The molecule has 1 aliphatic carbocycles. The van der Waals surface area contributed by atoms with Crippen molar-refractivity contribution < 1.29 is 9.53 Å². The van der Waals surface area contributed by atoms with Crippen LogP contribution in [0, 0.1) is 12.8 Å². The monoisotopic (exact) mass is 338 g/mol. The van der Waals surface area contributed by atoms with E-state index in [9.17, 15) is 4.79 Å². The molecule has 5 heteroatoms. The highest BCUT2D eigenvalue weighted by Gasteiger charge is 2.53. The topological polar surface area (TPSA) is 41.6 Å². The number of benzene rings is 1. The zero-order valence-electron chi connectivity index (χ0n) is 14.2. The molecule has 2 aliphatic rings. The third kappa shape index (κ3) is 3.33. The van der Waals surface area contributed by atoms with Gasteiger partial charge in [-0.2, -0.15) is 0 Å². The van der Waals surface area contributed by atoms with Gasteiger partial charge in [0.15, 0.2) is 0 Å². The molecule has 128 valence electrons. The second kappa shape index (κ2) is 7.10. The lowest BCUT2D eigenvalue weighted by Crippen LogP contribution is -2.38. The minimum absolute atomic E-state index is 0. The molecule has 1 N–H and O–H groups in total. The molecule has 1 amide bonds. The van der Waals surface area contributed by atoms with E-state index in [1.54, 1.807) is 7.11 Å². The number of halogens is 1. The molecule has 1 aliphatic heterocycles. The molecule has 0 radical (unpaired) electrons. The molecular formula is C18H27ClN2O2. The minimum atomic E-state index is -0.282. The van der Waals surface area contributed by atoms with Gasteiger partial charge in [-0.15, -0.1) is 12.4 Å². The molecule has 0 aromatic heterocycles. The summed E-state index contributed by atoms with van der Waals surface area (Å²) in [5.41, 5.74) is 1.96. The van der Waals surface area contributed by atoms with Gasteiger partial charge in [0, 0.05) is 13.1 Å². The van der Waals surface area contributed by atoms with E-state index in [-0.39, 0.29) is 17.8 Å². The third-order valence-electron chi connectivity index (χ3n) is 5.19. The fraction of sp³-hybridized carbons (Fsp3) is 0.611. The van der Waals surface area contributed by atoms with E-state index in [1.807, 2.05) is 14.0 Å². The Balaban J connectivity index is 0.00000192. The number of ether oxygens (including phenoxy) is 1. The molecule has 4 nitrogen and oxygen atoms in total. The molecule has 1 saturated carbocycles. The summed E-state index contributed by atoms with van der Waals surface area (Å²) in [5.74, 6) is 1.79. The van der Waals surface area contributed by atoms with Crippen molar-refractivity contribution in [2.24, 2.45) is 5.92 Å². The molecule has 1 atom stereocenters. The van der Waals surface area contributed by atoms with E-state index in [0.717, 1.165) is 55.8 Å². The summed E-state index contributed by atoms with van der Waals surface area (Å²) in [7, 11) is 3.67. The van der Waals surface area contributed by atoms with Crippen molar-refractivity contribution in [1.29, 1.82) is 0 Å². The van der Waals surface area contributed by atoms with Gasteiger partial charge in [0.05, 0.1) is 12.5 Å². The maximum absolute atomic E-state index is 13.0. The molecule has 23 heavy (non-hydrogen) atoms. The molecule has 1 saturated heterocycles. The Kier molecular flexibility index (Phi) is 5.58. The van der Waals surface area contributed by atoms with Gasteiger partial charge in [-0.25, -0.2) is 0 Å². The van der Waals surface area contributed by atoms with Crippen molar-refractivity contribution in [3.63, 3.8) is 0 Å². The van der Waals surface area contributed by atoms with Crippen LogP contribution in [-0.2, 0) is 10.2 Å². The van der Waals surface area contributed by atoms with Crippen LogP contribution in [0.2, 0.25) is 0 Å². The molecule has 3 rings (SSSR count). The predicted molar refractivity (Wildman–Crippen MR) is 94.5 cm³/mol. The highest BCUT2D eigenvalue weighted by Crippen LogP contribution is 2.51. The van der Waals surface area contributed by atoms with Crippen LogP contribution in [0.3, 0.4) is 0 Å². The summed E-state index contributed by atoms with van der Waals surface area (Å²) in [6.07, 6.45) is 3.04. The minimum Gasteiger partial charge on any atom is -0.496 e. The van der Waals surface area contributed by atoms with Crippen LogP contribution in [0.25, 0.3) is 0 Å². The summed E-state index contributed by atoms with van der Waals surface area (Å²) < 4.78 is 5.43. The van der Waals surface area contributed by atoms with Gasteiger partial charge in [0.25, 0.3) is 0 Å². The Morgan fingerprint density at radius 2 is 2.17 bits per heavy atom. The van der Waals surface area contributed by atoms with Crippen LogP contribution in [0.4, 0.5) is 0 Å². The first-order valence-corrected chi connectivity index (χ1v) is 8.20. The highest BCUT2D eigenvalue weighted by molar-refractivity contribution is 5.91. The van der Waals surface area contributed by atoms with Crippen LogP contribution in [0.15, 0.2) is 18.2 Å². The molecule has 1 aromatic rings. The van der Waals surface area contributed by atoms with Gasteiger partial charge in [-0.05, 0) is 62.9 Å². The van der Waals surface area contributed by atoms with Crippen molar-refractivity contribution in [3.05, 3.63) is 29.3 Å². The number of aryl methyl sites for hydroxylation is 1. The van der Waals surface area contributed by atoms with Crippen molar-refractivity contribution in [2.45, 2.75) is 31.6 Å². The normalized spacial score (nSPS) is 21.7. The number of methoxy groups -OCH3 is 1. The number of hydrogen-bond acceptors (Lipinski definition) is 3. The quantitative estimate of drug-likeness (QED) is 0.897. The number of likely N-dealkylation sites (tertiary alicyclic amines) is 1. The number of rotatable bonds is 5. The number of amides is 1. The lowest BCUT2D eigenvalue weighted by atomic mass is 9.93. The van der Waals surface area contributed by atoms with Gasteiger partial charge in [0.1, 0.15) is 5.75 Å². The van der Waals surface area contributed by atoms with Gasteiger partial charge >= 0.3 is 0 Å². The van der Waals surface area contributed by atoms with Crippen molar-refractivity contribution in [1.82, 2.24) is 10.2 Å². The lowest BCUT2D eigenvalue weighted by Gasteiger charge is -2.24. The summed E-state index contributed by atoms with van der Waals surface area (Å²) in [6.45, 7) is 4.82. The average Bonchev–Trinajstić information content (AvgIpc) is 3.21. The smallest absolute Gasteiger partial charge is 0.233 e. The zero-order chi connectivity index (χ0) is 15.7. The average molecular weight is 339 g/mol. The lowest BCUT2D eigenvalue weighted by molar-refractivity contribution is -0.133. The summed E-state index contributed by atoms with van der Waals surface area (Å²) >= 11 is 0. The van der Waals surface area contributed by atoms with Crippen molar-refractivity contribution >= 4 is 18.3 Å². The summed E-state index contributed by atoms with van der Waals surface area (Å²) in [6, 6.07) is 6.22. The van der Waals surface area contributed by atoms with E-state index in [1.165, 1.54) is 0 Å². The van der Waals surface area contributed by atoms with Crippen molar-refractivity contribution in [3.8, 4) is 5.75 Å². The number of nitrogens with one attached hydrogen (secondary N) is 1. The number of nitrogens with zero attached hydrogens (tertiary/aromatic N) is 1. The van der Waals surface area contributed by atoms with Gasteiger partial charge < -0.3 is 15.0 Å². The van der Waals surface area contributed by atoms with Crippen LogP contribution in [0.1, 0.15) is 30.4 Å². The maximum Gasteiger partial charge on any atom is 0.233 e. The second-order valence-electron chi connectivity index (χ2n) is 6.73. The molecule has 1 aromatic carbocycles. The van der Waals surface area contributed by atoms with E-state index < -0.39 is 0 Å². The molecule has 1 heterocycles. The van der Waals surface area contributed by atoms with Crippen LogP contribution < -0.4 is 10.1 Å². The fourth-order valence-corrected chi connectivity index (χ4v) is 3.64. The van der Waals surface area contributed by atoms with Crippen molar-refractivity contribution in [2.75, 3.05) is 33.8 Å².